The summed E-state index contributed by atoms with van der Waals surface area (Å²) >= 11 is 0. The van der Waals surface area contributed by atoms with E-state index in [2.05, 4.69) is 13.8 Å². The van der Waals surface area contributed by atoms with E-state index in [9.17, 15) is 0 Å². The largest absolute Gasteiger partial charge is 0.343 e. The molecule has 0 aromatic heterocycles. The summed E-state index contributed by atoms with van der Waals surface area (Å²) in [6, 6.07) is 0. The van der Waals surface area contributed by atoms with Gasteiger partial charge in [0.05, 0.1) is 0 Å². The Morgan fingerprint density at radius 1 is 1.12 bits per heavy atom. The van der Waals surface area contributed by atoms with Crippen LogP contribution in [0.1, 0.15) is 39.0 Å². The van der Waals surface area contributed by atoms with Gasteiger partial charge in [-0.05, 0) is 0 Å². The molecule has 0 aliphatic carbocycles. The maximum absolute atomic E-state index is 3.76. The maximum Gasteiger partial charge on any atom is 0 e. The third kappa shape index (κ3) is 10.2. The van der Waals surface area contributed by atoms with Crippen LogP contribution in [-0.4, -0.2) is 0 Å². The Labute approximate surface area is 81.0 Å². The zero-order valence-electron chi connectivity index (χ0n) is 5.82. The van der Waals surface area contributed by atoms with Gasteiger partial charge in [0.15, 0.2) is 0 Å². The molecule has 0 unspecified atom stereocenters. The van der Waals surface area contributed by atoms with Crippen molar-refractivity contribution in [2.75, 3.05) is 0 Å². The van der Waals surface area contributed by atoms with Gasteiger partial charge in [0.25, 0.3) is 0 Å². The fourth-order valence-corrected chi connectivity index (χ4v) is 0.604. The van der Waals surface area contributed by atoms with Gasteiger partial charge in [-0.25, -0.2) is 0 Å². The second kappa shape index (κ2) is 11.1. The van der Waals surface area contributed by atoms with E-state index in [4.69, 9.17) is 0 Å². The molecule has 0 aromatic carbocycles. The molecule has 1 heteroatoms. The van der Waals surface area contributed by atoms with Gasteiger partial charge in [0, 0.05) is 35.6 Å². The molecule has 0 aromatic rings. The van der Waals surface area contributed by atoms with Gasteiger partial charge in [-0.15, -0.1) is 0 Å². The second-order valence-electron chi connectivity index (χ2n) is 1.91. The van der Waals surface area contributed by atoms with Crippen LogP contribution in [-0.2, 0) is 0 Å². The molecular weight excluding hydrogens is 223 g/mol. The van der Waals surface area contributed by atoms with E-state index in [1.165, 1.54) is 25.7 Å². The van der Waals surface area contributed by atoms with Crippen molar-refractivity contribution >= 4 is 0 Å². The fourth-order valence-electron chi connectivity index (χ4n) is 0.604. The number of hydrogen-bond donors (Lipinski definition) is 0. The summed E-state index contributed by atoms with van der Waals surface area (Å²) in [5.41, 5.74) is 0. The standard InChI is InChI=1S/C7H15.La/c1-3-5-7-6-4-2;/h1,3-7H2,2H3;/q-1;. The molecule has 47 valence electrons. The quantitative estimate of drug-likeness (QED) is 0.521. The second-order valence-corrected chi connectivity index (χ2v) is 1.91. The first-order chi connectivity index (χ1) is 3.41. The van der Waals surface area contributed by atoms with E-state index in [-0.39, 0.29) is 35.6 Å². The van der Waals surface area contributed by atoms with Crippen LogP contribution < -0.4 is 0 Å². The normalized spacial score (nSPS) is 8.25. The predicted octanol–water partition coefficient (Wildman–Crippen LogP) is 2.79. The monoisotopic (exact) mass is 238 g/mol. The Morgan fingerprint density at radius 3 is 2.12 bits per heavy atom. The molecule has 0 atom stereocenters. The molecule has 0 spiro atoms. The van der Waals surface area contributed by atoms with Crippen molar-refractivity contribution in [2.24, 2.45) is 0 Å². The molecule has 0 saturated heterocycles. The first kappa shape index (κ1) is 11.9. The topological polar surface area (TPSA) is 0 Å². The number of hydrogen-bond acceptors (Lipinski definition) is 0. The van der Waals surface area contributed by atoms with Crippen molar-refractivity contribution in [1.82, 2.24) is 0 Å². The average Bonchev–Trinajstić information content (AvgIpc) is 1.69. The Balaban J connectivity index is 0. The van der Waals surface area contributed by atoms with Crippen LogP contribution in [0.2, 0.25) is 0 Å². The van der Waals surface area contributed by atoms with Gasteiger partial charge in [-0.2, -0.15) is 6.42 Å². The van der Waals surface area contributed by atoms with Crippen LogP contribution in [0.4, 0.5) is 0 Å². The van der Waals surface area contributed by atoms with E-state index in [1.54, 1.807) is 0 Å². The van der Waals surface area contributed by atoms with Crippen LogP contribution in [0.25, 0.3) is 0 Å². The van der Waals surface area contributed by atoms with Crippen molar-refractivity contribution in [1.29, 1.82) is 0 Å². The van der Waals surface area contributed by atoms with Gasteiger partial charge >= 0.3 is 0 Å². The maximum atomic E-state index is 3.76. The molecule has 0 saturated carbocycles. The Kier molecular flexibility index (Phi) is 16.5. The third-order valence-electron chi connectivity index (χ3n) is 1.10. The van der Waals surface area contributed by atoms with Gasteiger partial charge < -0.3 is 6.92 Å². The van der Waals surface area contributed by atoms with Gasteiger partial charge in [-0.3, -0.25) is 0 Å². The Bertz CT molecular complexity index is 23.6. The first-order valence-corrected chi connectivity index (χ1v) is 3.21. The average molecular weight is 238 g/mol. The summed E-state index contributed by atoms with van der Waals surface area (Å²) in [6.07, 6.45) is 6.52. The van der Waals surface area contributed by atoms with E-state index < -0.39 is 0 Å². The van der Waals surface area contributed by atoms with Crippen molar-refractivity contribution in [3.63, 3.8) is 0 Å². The third-order valence-corrected chi connectivity index (χ3v) is 1.10. The minimum Gasteiger partial charge on any atom is -0.343 e. The van der Waals surface area contributed by atoms with Crippen molar-refractivity contribution in [2.45, 2.75) is 39.0 Å². The number of unbranched alkanes of at least 4 members (excludes halogenated alkanes) is 4. The minimum atomic E-state index is 0. The molecule has 0 amide bonds. The summed E-state index contributed by atoms with van der Waals surface area (Å²) in [4.78, 5) is 0. The molecule has 8 heavy (non-hydrogen) atoms. The molecule has 0 aliphatic heterocycles. The molecule has 0 fully saturated rings. The van der Waals surface area contributed by atoms with Crippen LogP contribution in [0.3, 0.4) is 0 Å². The van der Waals surface area contributed by atoms with E-state index >= 15 is 0 Å². The van der Waals surface area contributed by atoms with Crippen LogP contribution >= 0.6 is 0 Å². The van der Waals surface area contributed by atoms with Crippen molar-refractivity contribution < 1.29 is 35.6 Å². The molecule has 0 N–H and O–H groups in total. The van der Waals surface area contributed by atoms with Gasteiger partial charge in [-0.1, -0.05) is 32.6 Å². The van der Waals surface area contributed by atoms with Gasteiger partial charge in [0.2, 0.25) is 0 Å². The molecule has 1 radical (unpaired) electrons. The smallest absolute Gasteiger partial charge is 0 e. The zero-order valence-corrected chi connectivity index (χ0v) is 9.45. The van der Waals surface area contributed by atoms with E-state index in [1.807, 2.05) is 0 Å². The number of rotatable bonds is 4. The molecule has 0 rings (SSSR count). The Hall–Kier alpha value is 1.19. The summed E-state index contributed by atoms with van der Waals surface area (Å²) < 4.78 is 0. The van der Waals surface area contributed by atoms with Crippen LogP contribution in [0, 0.1) is 42.5 Å². The molecule has 0 bridgehead atoms. The van der Waals surface area contributed by atoms with Crippen LogP contribution in [0.5, 0.6) is 0 Å². The summed E-state index contributed by atoms with van der Waals surface area (Å²) in [7, 11) is 0. The molecular formula is C7H15La-. The van der Waals surface area contributed by atoms with E-state index in [0.29, 0.717) is 0 Å². The summed E-state index contributed by atoms with van der Waals surface area (Å²) in [5.74, 6) is 0. The van der Waals surface area contributed by atoms with Crippen molar-refractivity contribution in [3.8, 4) is 0 Å². The minimum absolute atomic E-state index is 0. The summed E-state index contributed by atoms with van der Waals surface area (Å²) in [6.45, 7) is 5.98. The van der Waals surface area contributed by atoms with Crippen molar-refractivity contribution in [3.05, 3.63) is 6.92 Å². The zero-order chi connectivity index (χ0) is 5.54. The van der Waals surface area contributed by atoms with Crippen LogP contribution in [0.15, 0.2) is 0 Å². The SMILES string of the molecule is [CH2-]CCCCCC.[La]. The molecule has 0 aliphatic rings. The fraction of sp³-hybridized carbons (Fsp3) is 0.857. The van der Waals surface area contributed by atoms with Gasteiger partial charge in [0.1, 0.15) is 0 Å². The Morgan fingerprint density at radius 2 is 1.75 bits per heavy atom. The predicted molar refractivity (Wildman–Crippen MR) is 34.1 cm³/mol. The first-order valence-electron chi connectivity index (χ1n) is 3.21. The molecule has 0 nitrogen and oxygen atoms in total. The van der Waals surface area contributed by atoms with E-state index in [0.717, 1.165) is 6.42 Å². The molecule has 0 heterocycles. The summed E-state index contributed by atoms with van der Waals surface area (Å²) in [5, 5.41) is 0.